The Labute approximate surface area is 132 Å². The summed E-state index contributed by atoms with van der Waals surface area (Å²) in [5.74, 6) is 1.22. The SMILES string of the molecule is CCN1C=C([n+]2ccnc3ccccc32)N(CC)C1C.[Cl-]. The van der Waals surface area contributed by atoms with Gasteiger partial charge in [0.15, 0.2) is 11.7 Å². The summed E-state index contributed by atoms with van der Waals surface area (Å²) < 4.78 is 2.23. The number of nitrogens with zero attached hydrogens (tertiary/aromatic N) is 4. The van der Waals surface area contributed by atoms with Gasteiger partial charge in [0.05, 0.1) is 18.9 Å². The summed E-state index contributed by atoms with van der Waals surface area (Å²) in [5, 5.41) is 0. The van der Waals surface area contributed by atoms with Gasteiger partial charge in [0.1, 0.15) is 11.7 Å². The molecular formula is C16H21ClN4. The van der Waals surface area contributed by atoms with E-state index in [0.717, 1.165) is 24.1 Å². The van der Waals surface area contributed by atoms with Gasteiger partial charge >= 0.3 is 0 Å². The molecule has 0 saturated heterocycles. The zero-order chi connectivity index (χ0) is 14.1. The van der Waals surface area contributed by atoms with Crippen LogP contribution in [0.2, 0.25) is 0 Å². The quantitative estimate of drug-likeness (QED) is 0.700. The number of benzene rings is 1. The fourth-order valence-electron chi connectivity index (χ4n) is 2.92. The van der Waals surface area contributed by atoms with Crippen LogP contribution >= 0.6 is 0 Å². The Morgan fingerprint density at radius 1 is 1.19 bits per heavy atom. The Kier molecular flexibility index (Phi) is 4.68. The van der Waals surface area contributed by atoms with E-state index >= 15 is 0 Å². The van der Waals surface area contributed by atoms with Gasteiger partial charge in [-0.2, -0.15) is 4.57 Å². The molecular weight excluding hydrogens is 284 g/mol. The zero-order valence-electron chi connectivity index (χ0n) is 12.7. The van der Waals surface area contributed by atoms with E-state index in [4.69, 9.17) is 0 Å². The second-order valence-corrected chi connectivity index (χ2v) is 5.02. The molecule has 4 nitrogen and oxygen atoms in total. The summed E-state index contributed by atoms with van der Waals surface area (Å²) in [6, 6.07) is 8.27. The molecule has 1 unspecified atom stereocenters. The average molecular weight is 305 g/mol. The van der Waals surface area contributed by atoms with E-state index in [9.17, 15) is 0 Å². The second-order valence-electron chi connectivity index (χ2n) is 5.02. The van der Waals surface area contributed by atoms with Crippen molar-refractivity contribution in [2.75, 3.05) is 13.1 Å². The van der Waals surface area contributed by atoms with E-state index in [2.05, 4.69) is 64.5 Å². The van der Waals surface area contributed by atoms with Gasteiger partial charge in [0.25, 0.3) is 5.82 Å². The summed E-state index contributed by atoms with van der Waals surface area (Å²) in [6.07, 6.45) is 6.57. The maximum absolute atomic E-state index is 4.44. The molecule has 0 amide bonds. The summed E-state index contributed by atoms with van der Waals surface area (Å²) in [4.78, 5) is 9.22. The highest BCUT2D eigenvalue weighted by Gasteiger charge is 2.35. The van der Waals surface area contributed by atoms with Crippen LogP contribution < -0.4 is 17.0 Å². The van der Waals surface area contributed by atoms with Gasteiger partial charge in [-0.05, 0) is 32.9 Å². The number of rotatable bonds is 3. The van der Waals surface area contributed by atoms with Crippen LogP contribution in [0.5, 0.6) is 0 Å². The Morgan fingerprint density at radius 2 is 1.95 bits per heavy atom. The molecule has 0 radical (unpaired) electrons. The zero-order valence-corrected chi connectivity index (χ0v) is 13.5. The molecule has 0 aliphatic carbocycles. The van der Waals surface area contributed by atoms with Crippen LogP contribution in [0, 0.1) is 0 Å². The third kappa shape index (κ3) is 2.56. The Bertz CT molecular complexity index is 650. The van der Waals surface area contributed by atoms with Gasteiger partial charge in [-0.15, -0.1) is 0 Å². The van der Waals surface area contributed by atoms with Crippen molar-refractivity contribution in [2.45, 2.75) is 26.9 Å². The van der Waals surface area contributed by atoms with Crippen LogP contribution in [0.15, 0.2) is 42.9 Å². The Morgan fingerprint density at radius 3 is 2.67 bits per heavy atom. The molecule has 0 N–H and O–H groups in total. The predicted molar refractivity (Wildman–Crippen MR) is 80.4 cm³/mol. The largest absolute Gasteiger partial charge is 1.00 e. The summed E-state index contributed by atoms with van der Waals surface area (Å²) in [5.41, 5.74) is 2.17. The van der Waals surface area contributed by atoms with Gasteiger partial charge in [-0.3, -0.25) is 0 Å². The second kappa shape index (κ2) is 6.31. The monoisotopic (exact) mass is 304 g/mol. The molecule has 112 valence electrons. The minimum atomic E-state index is 0. The van der Waals surface area contributed by atoms with E-state index < -0.39 is 0 Å². The van der Waals surface area contributed by atoms with E-state index in [1.165, 1.54) is 5.82 Å². The fraction of sp³-hybridized carbons (Fsp3) is 0.375. The summed E-state index contributed by atoms with van der Waals surface area (Å²) >= 11 is 0. The Balaban J connectivity index is 0.00000161. The highest BCUT2D eigenvalue weighted by molar-refractivity contribution is 5.71. The third-order valence-corrected chi connectivity index (χ3v) is 4.03. The third-order valence-electron chi connectivity index (χ3n) is 4.03. The first kappa shape index (κ1) is 15.6. The molecule has 0 fully saturated rings. The van der Waals surface area contributed by atoms with Crippen molar-refractivity contribution < 1.29 is 17.0 Å². The first-order valence-electron chi connectivity index (χ1n) is 7.26. The smallest absolute Gasteiger partial charge is 0.299 e. The molecule has 0 saturated carbocycles. The average Bonchev–Trinajstić information content (AvgIpc) is 2.82. The molecule has 1 aliphatic rings. The van der Waals surface area contributed by atoms with Gasteiger partial charge in [0, 0.05) is 6.54 Å². The summed E-state index contributed by atoms with van der Waals surface area (Å²) in [6.45, 7) is 8.66. The van der Waals surface area contributed by atoms with Crippen LogP contribution in [-0.2, 0) is 0 Å². The fourth-order valence-corrected chi connectivity index (χ4v) is 2.92. The molecule has 2 aromatic rings. The molecule has 1 aromatic heterocycles. The lowest BCUT2D eigenvalue weighted by atomic mass is 10.3. The van der Waals surface area contributed by atoms with E-state index in [1.807, 2.05) is 18.5 Å². The van der Waals surface area contributed by atoms with E-state index in [0.29, 0.717) is 6.17 Å². The van der Waals surface area contributed by atoms with Crippen molar-refractivity contribution >= 4 is 16.9 Å². The molecule has 1 aliphatic heterocycles. The van der Waals surface area contributed by atoms with Crippen LogP contribution in [0.1, 0.15) is 20.8 Å². The lowest BCUT2D eigenvalue weighted by molar-refractivity contribution is -0.564. The molecule has 21 heavy (non-hydrogen) atoms. The van der Waals surface area contributed by atoms with Crippen molar-refractivity contribution in [3.63, 3.8) is 0 Å². The van der Waals surface area contributed by atoms with Crippen molar-refractivity contribution in [3.8, 4) is 0 Å². The van der Waals surface area contributed by atoms with E-state index in [1.54, 1.807) is 0 Å². The number of fused-ring (bicyclic) bond motifs is 1. The Hall–Kier alpha value is -1.81. The van der Waals surface area contributed by atoms with Gasteiger partial charge in [0.2, 0.25) is 0 Å². The molecule has 0 bridgehead atoms. The normalized spacial score (nSPS) is 17.9. The minimum Gasteiger partial charge on any atom is -1.00 e. The van der Waals surface area contributed by atoms with Gasteiger partial charge in [-0.25, -0.2) is 9.88 Å². The molecule has 3 rings (SSSR count). The predicted octanol–water partition coefficient (Wildman–Crippen LogP) is -0.714. The van der Waals surface area contributed by atoms with Crippen LogP contribution in [-0.4, -0.2) is 34.0 Å². The molecule has 2 heterocycles. The maximum Gasteiger partial charge on any atom is 0.299 e. The highest BCUT2D eigenvalue weighted by Crippen LogP contribution is 2.22. The highest BCUT2D eigenvalue weighted by atomic mass is 35.5. The van der Waals surface area contributed by atoms with Gasteiger partial charge in [-0.1, -0.05) is 12.1 Å². The molecule has 1 atom stereocenters. The van der Waals surface area contributed by atoms with Crippen molar-refractivity contribution in [1.82, 2.24) is 14.8 Å². The molecule has 1 aromatic carbocycles. The maximum atomic E-state index is 4.44. The number of hydrogen-bond acceptors (Lipinski definition) is 3. The number of aromatic nitrogens is 2. The van der Waals surface area contributed by atoms with Crippen LogP contribution in [0.4, 0.5) is 0 Å². The van der Waals surface area contributed by atoms with Gasteiger partial charge < -0.3 is 17.3 Å². The number of halogens is 1. The lowest BCUT2D eigenvalue weighted by Gasteiger charge is -2.23. The number of para-hydroxylation sites is 2. The topological polar surface area (TPSA) is 23.2 Å². The van der Waals surface area contributed by atoms with Crippen LogP contribution in [0.25, 0.3) is 16.9 Å². The van der Waals surface area contributed by atoms with Crippen molar-refractivity contribution in [2.24, 2.45) is 0 Å². The summed E-state index contributed by atoms with van der Waals surface area (Å²) in [7, 11) is 0. The van der Waals surface area contributed by atoms with Crippen molar-refractivity contribution in [1.29, 1.82) is 0 Å². The van der Waals surface area contributed by atoms with E-state index in [-0.39, 0.29) is 12.4 Å². The first-order chi connectivity index (χ1) is 9.76. The molecule has 0 spiro atoms. The standard InChI is InChI=1S/C16H21N4.ClH/c1-4-18-12-16(19(5-2)13(18)3)20-11-10-17-14-8-6-7-9-15(14)20;/h6-13H,4-5H2,1-3H3;1H/q+1;/p-1. The first-order valence-corrected chi connectivity index (χ1v) is 7.26. The van der Waals surface area contributed by atoms with Crippen molar-refractivity contribution in [3.05, 3.63) is 42.9 Å². The van der Waals surface area contributed by atoms with Crippen LogP contribution in [0.3, 0.4) is 0 Å². The minimum absolute atomic E-state index is 0. The number of hydrogen-bond donors (Lipinski definition) is 0. The lowest BCUT2D eigenvalue weighted by Crippen LogP contribution is -3.00. The molecule has 5 heteroatoms.